The van der Waals surface area contributed by atoms with Gasteiger partial charge in [0.25, 0.3) is 0 Å². The number of aryl methyl sites for hydroxylation is 1. The van der Waals surface area contributed by atoms with E-state index in [-0.39, 0.29) is 30.0 Å². The summed E-state index contributed by atoms with van der Waals surface area (Å²) in [6.45, 7) is 5.24. The number of aliphatic imine (C=N–C) groups is 1. The zero-order valence-corrected chi connectivity index (χ0v) is 19.0. The summed E-state index contributed by atoms with van der Waals surface area (Å²) in [4.78, 5) is 11.0. The number of nitrogens with one attached hydrogen (secondary N) is 2. The van der Waals surface area contributed by atoms with E-state index >= 15 is 0 Å². The molecule has 0 bridgehead atoms. The van der Waals surface area contributed by atoms with Crippen molar-refractivity contribution in [2.45, 2.75) is 32.4 Å². The second-order valence-corrected chi connectivity index (χ2v) is 6.57. The summed E-state index contributed by atoms with van der Waals surface area (Å²) in [5.41, 5.74) is 1.27. The maximum Gasteiger partial charge on any atom is 0.246 e. The number of methoxy groups -OCH3 is 1. The number of guanidine groups is 1. The predicted octanol–water partition coefficient (Wildman–Crippen LogP) is 2.51. The predicted molar refractivity (Wildman–Crippen MR) is 119 cm³/mol. The Hall–Kier alpha value is -1.88. The summed E-state index contributed by atoms with van der Waals surface area (Å²) in [6, 6.07) is 8.59. The Morgan fingerprint density at radius 3 is 2.54 bits per heavy atom. The van der Waals surface area contributed by atoms with Crippen molar-refractivity contribution in [2.24, 2.45) is 4.99 Å². The average Bonchev–Trinajstić information content (AvgIpc) is 3.37. The Kier molecular flexibility index (Phi) is 8.97. The number of likely N-dealkylation sites (tertiary alicyclic amines) is 1. The van der Waals surface area contributed by atoms with Crippen molar-refractivity contribution in [3.8, 4) is 5.75 Å². The average molecular weight is 500 g/mol. The molecule has 154 valence electrons. The molecular weight excluding hydrogens is 471 g/mol. The number of halogens is 1. The SMILES string of the molecule is CN=C(NCc1nc(C)no1)NCC(c1ccc(OC)cc1)N1CCCC1.I. The van der Waals surface area contributed by atoms with Gasteiger partial charge in [-0.1, -0.05) is 17.3 Å². The lowest BCUT2D eigenvalue weighted by atomic mass is 10.1. The molecule has 1 fully saturated rings. The largest absolute Gasteiger partial charge is 0.497 e. The van der Waals surface area contributed by atoms with E-state index in [1.54, 1.807) is 21.1 Å². The Morgan fingerprint density at radius 1 is 1.25 bits per heavy atom. The van der Waals surface area contributed by atoms with E-state index in [1.165, 1.54) is 18.4 Å². The van der Waals surface area contributed by atoms with Crippen LogP contribution in [0.3, 0.4) is 0 Å². The van der Waals surface area contributed by atoms with Crippen LogP contribution in [-0.2, 0) is 6.54 Å². The first-order valence-corrected chi connectivity index (χ1v) is 9.31. The van der Waals surface area contributed by atoms with E-state index in [0.717, 1.165) is 25.4 Å². The molecule has 1 aliphatic rings. The zero-order chi connectivity index (χ0) is 19.1. The lowest BCUT2D eigenvalue weighted by Crippen LogP contribution is -2.42. The minimum absolute atomic E-state index is 0. The third-order valence-electron chi connectivity index (χ3n) is 4.75. The maximum atomic E-state index is 5.29. The van der Waals surface area contributed by atoms with Crippen LogP contribution in [0.5, 0.6) is 5.75 Å². The fourth-order valence-corrected chi connectivity index (χ4v) is 3.32. The highest BCUT2D eigenvalue weighted by atomic mass is 127. The van der Waals surface area contributed by atoms with Crippen LogP contribution in [0.2, 0.25) is 0 Å². The normalized spacial score (nSPS) is 15.8. The van der Waals surface area contributed by atoms with E-state index < -0.39 is 0 Å². The van der Waals surface area contributed by atoms with Gasteiger partial charge in [0.05, 0.1) is 19.7 Å². The molecule has 1 unspecified atom stereocenters. The molecule has 3 rings (SSSR count). The van der Waals surface area contributed by atoms with Crippen LogP contribution in [0.4, 0.5) is 0 Å². The second kappa shape index (κ2) is 11.2. The number of aromatic nitrogens is 2. The van der Waals surface area contributed by atoms with Gasteiger partial charge < -0.3 is 19.9 Å². The monoisotopic (exact) mass is 500 g/mol. The van der Waals surface area contributed by atoms with Crippen molar-refractivity contribution >= 4 is 29.9 Å². The van der Waals surface area contributed by atoms with Gasteiger partial charge in [-0.25, -0.2) is 0 Å². The molecule has 2 N–H and O–H groups in total. The van der Waals surface area contributed by atoms with Gasteiger partial charge in [-0.05, 0) is 50.6 Å². The molecule has 1 aromatic heterocycles. The molecule has 28 heavy (non-hydrogen) atoms. The molecule has 0 radical (unpaired) electrons. The zero-order valence-electron chi connectivity index (χ0n) is 16.6. The molecule has 1 atom stereocenters. The number of rotatable bonds is 7. The summed E-state index contributed by atoms with van der Waals surface area (Å²) in [5, 5.41) is 10.4. The van der Waals surface area contributed by atoms with Crippen LogP contribution in [-0.4, -0.2) is 54.8 Å². The summed E-state index contributed by atoms with van der Waals surface area (Å²) in [5.74, 6) is 2.76. The quantitative estimate of drug-likeness (QED) is 0.343. The van der Waals surface area contributed by atoms with Crippen LogP contribution < -0.4 is 15.4 Å². The van der Waals surface area contributed by atoms with Gasteiger partial charge in [-0.2, -0.15) is 4.98 Å². The fraction of sp³-hybridized carbons (Fsp3) is 0.526. The van der Waals surface area contributed by atoms with E-state index in [9.17, 15) is 0 Å². The van der Waals surface area contributed by atoms with E-state index in [4.69, 9.17) is 9.26 Å². The third kappa shape index (κ3) is 6.06. The Morgan fingerprint density at radius 2 is 1.96 bits per heavy atom. The second-order valence-electron chi connectivity index (χ2n) is 6.57. The Bertz CT molecular complexity index is 743. The van der Waals surface area contributed by atoms with Crippen LogP contribution in [0, 0.1) is 6.92 Å². The molecule has 0 spiro atoms. The lowest BCUT2D eigenvalue weighted by Gasteiger charge is -2.29. The number of ether oxygens (including phenoxy) is 1. The Balaban J connectivity index is 0.00000280. The van der Waals surface area contributed by atoms with Gasteiger partial charge in [-0.3, -0.25) is 9.89 Å². The smallest absolute Gasteiger partial charge is 0.246 e. The van der Waals surface area contributed by atoms with E-state index in [2.05, 4.69) is 42.8 Å². The van der Waals surface area contributed by atoms with E-state index in [0.29, 0.717) is 24.2 Å². The first-order valence-electron chi connectivity index (χ1n) is 9.31. The summed E-state index contributed by atoms with van der Waals surface area (Å²) >= 11 is 0. The maximum absolute atomic E-state index is 5.29. The number of hydrogen-bond donors (Lipinski definition) is 2. The number of nitrogens with zero attached hydrogens (tertiary/aromatic N) is 4. The molecule has 9 heteroatoms. The minimum atomic E-state index is 0. The molecule has 0 aliphatic carbocycles. The molecule has 1 saturated heterocycles. The highest BCUT2D eigenvalue weighted by molar-refractivity contribution is 14.0. The van der Waals surface area contributed by atoms with Crippen molar-refractivity contribution < 1.29 is 9.26 Å². The summed E-state index contributed by atoms with van der Waals surface area (Å²) in [7, 11) is 3.45. The van der Waals surface area contributed by atoms with Gasteiger partial charge in [0.2, 0.25) is 5.89 Å². The van der Waals surface area contributed by atoms with Crippen molar-refractivity contribution in [3.63, 3.8) is 0 Å². The van der Waals surface area contributed by atoms with Crippen LogP contribution >= 0.6 is 24.0 Å². The highest BCUT2D eigenvalue weighted by Gasteiger charge is 2.23. The van der Waals surface area contributed by atoms with Crippen molar-refractivity contribution in [1.82, 2.24) is 25.7 Å². The molecule has 2 aromatic rings. The Labute approximate surface area is 183 Å². The molecule has 0 saturated carbocycles. The minimum Gasteiger partial charge on any atom is -0.497 e. The van der Waals surface area contributed by atoms with Gasteiger partial charge in [0.1, 0.15) is 5.75 Å². The van der Waals surface area contributed by atoms with Crippen LogP contribution in [0.25, 0.3) is 0 Å². The van der Waals surface area contributed by atoms with Gasteiger partial charge >= 0.3 is 0 Å². The molecule has 2 heterocycles. The van der Waals surface area contributed by atoms with Crippen molar-refractivity contribution in [2.75, 3.05) is 33.8 Å². The van der Waals surface area contributed by atoms with E-state index in [1.807, 2.05) is 12.1 Å². The molecule has 1 aromatic carbocycles. The van der Waals surface area contributed by atoms with Crippen molar-refractivity contribution in [3.05, 3.63) is 41.5 Å². The van der Waals surface area contributed by atoms with Gasteiger partial charge in [0, 0.05) is 13.6 Å². The first-order chi connectivity index (χ1) is 13.2. The highest BCUT2D eigenvalue weighted by Crippen LogP contribution is 2.26. The number of benzene rings is 1. The first kappa shape index (κ1) is 22.4. The van der Waals surface area contributed by atoms with Crippen molar-refractivity contribution in [1.29, 1.82) is 0 Å². The summed E-state index contributed by atoms with van der Waals surface area (Å²) < 4.78 is 10.4. The van der Waals surface area contributed by atoms with Gasteiger partial charge in [0.15, 0.2) is 11.8 Å². The fourth-order valence-electron chi connectivity index (χ4n) is 3.32. The third-order valence-corrected chi connectivity index (χ3v) is 4.75. The van der Waals surface area contributed by atoms with Crippen LogP contribution in [0.1, 0.15) is 36.2 Å². The molecular formula is C19H29IN6O2. The molecule has 1 aliphatic heterocycles. The molecule has 0 amide bonds. The number of hydrogen-bond acceptors (Lipinski definition) is 6. The standard InChI is InChI=1S/C19H28N6O2.HI/c1-14-23-18(27-24-14)13-22-19(20-2)21-12-17(25-10-4-5-11-25)15-6-8-16(26-3)9-7-15;/h6-9,17H,4-5,10-13H2,1-3H3,(H2,20,21,22);1H. The van der Waals surface area contributed by atoms with Gasteiger partial charge in [-0.15, -0.1) is 24.0 Å². The molecule has 8 nitrogen and oxygen atoms in total. The lowest BCUT2D eigenvalue weighted by molar-refractivity contribution is 0.245. The topological polar surface area (TPSA) is 87.8 Å². The van der Waals surface area contributed by atoms with Crippen LogP contribution in [0.15, 0.2) is 33.8 Å². The summed E-state index contributed by atoms with van der Waals surface area (Å²) in [6.07, 6.45) is 2.49.